The molecule has 0 fully saturated rings. The molecule has 0 saturated heterocycles. The van der Waals surface area contributed by atoms with E-state index in [9.17, 15) is 14.4 Å². The molecule has 0 bridgehead atoms. The smallest absolute Gasteiger partial charge is 0.326 e. The third kappa shape index (κ3) is 7.57. The number of urea groups is 1. The number of hydrogen-bond donors (Lipinski definition) is 3. The molecule has 116 valence electrons. The van der Waals surface area contributed by atoms with Gasteiger partial charge in [-0.1, -0.05) is 13.8 Å². The van der Waals surface area contributed by atoms with Crippen LogP contribution in [0.4, 0.5) is 4.79 Å². The summed E-state index contributed by atoms with van der Waals surface area (Å²) in [5.74, 6) is -1.87. The van der Waals surface area contributed by atoms with Crippen LogP contribution in [0.1, 0.15) is 20.3 Å². The van der Waals surface area contributed by atoms with Crippen molar-refractivity contribution in [2.24, 2.45) is 11.7 Å². The van der Waals surface area contributed by atoms with Gasteiger partial charge in [0.05, 0.1) is 13.0 Å². The molecule has 0 aromatic rings. The molecule has 0 radical (unpaired) electrons. The van der Waals surface area contributed by atoms with Gasteiger partial charge in [-0.05, 0) is 5.92 Å². The van der Waals surface area contributed by atoms with Crippen molar-refractivity contribution in [3.8, 4) is 0 Å². The monoisotopic (exact) mass is 289 g/mol. The van der Waals surface area contributed by atoms with Gasteiger partial charge in [0.2, 0.25) is 5.91 Å². The summed E-state index contributed by atoms with van der Waals surface area (Å²) < 4.78 is 4.91. The molecule has 0 heterocycles. The lowest BCUT2D eigenvalue weighted by Gasteiger charge is -2.26. The molecule has 3 amide bonds. The summed E-state index contributed by atoms with van der Waals surface area (Å²) in [6.07, 6.45) is -0.444. The molecule has 1 atom stereocenters. The van der Waals surface area contributed by atoms with Crippen LogP contribution >= 0.6 is 0 Å². The lowest BCUT2D eigenvalue weighted by molar-refractivity contribution is -0.141. The number of ether oxygens (including phenoxy) is 1. The standard InChI is InChI=1S/C12H23N3O5/c1-8(2)7-15(4-5-20-3)12(19)14-9(11(17)18)6-10(13)16/h8-9H,4-7H2,1-3H3,(H2,13,16)(H,14,19)(H,17,18)/t9-/m0/s1. The first kappa shape index (κ1) is 18.2. The average Bonchev–Trinajstić information content (AvgIpc) is 2.32. The Bertz CT molecular complexity index is 346. The molecule has 0 aromatic heterocycles. The zero-order valence-electron chi connectivity index (χ0n) is 12.1. The van der Waals surface area contributed by atoms with Crippen LogP contribution in [0.2, 0.25) is 0 Å². The Morgan fingerprint density at radius 3 is 2.35 bits per heavy atom. The van der Waals surface area contributed by atoms with Crippen molar-refractivity contribution in [3.05, 3.63) is 0 Å². The number of carboxylic acid groups (broad SMARTS) is 1. The fraction of sp³-hybridized carbons (Fsp3) is 0.750. The number of nitrogens with two attached hydrogens (primary N) is 1. The van der Waals surface area contributed by atoms with E-state index in [1.54, 1.807) is 0 Å². The van der Waals surface area contributed by atoms with Gasteiger partial charge < -0.3 is 25.8 Å². The Morgan fingerprint density at radius 1 is 1.35 bits per heavy atom. The van der Waals surface area contributed by atoms with Gasteiger partial charge in [0.15, 0.2) is 0 Å². The van der Waals surface area contributed by atoms with Gasteiger partial charge in [-0.15, -0.1) is 0 Å². The number of amides is 3. The molecule has 4 N–H and O–H groups in total. The second-order valence-electron chi connectivity index (χ2n) is 4.84. The Hall–Kier alpha value is -1.83. The molecule has 0 unspecified atom stereocenters. The van der Waals surface area contributed by atoms with E-state index in [1.165, 1.54) is 12.0 Å². The molecule has 0 spiro atoms. The summed E-state index contributed by atoms with van der Waals surface area (Å²) in [6.45, 7) is 5.01. The third-order valence-electron chi connectivity index (χ3n) is 2.44. The average molecular weight is 289 g/mol. The maximum atomic E-state index is 12.0. The topological polar surface area (TPSA) is 122 Å². The Labute approximate surface area is 118 Å². The number of carbonyl (C=O) groups excluding carboxylic acids is 2. The Morgan fingerprint density at radius 2 is 1.95 bits per heavy atom. The maximum absolute atomic E-state index is 12.0. The second kappa shape index (κ2) is 9.13. The Balaban J connectivity index is 4.68. The quantitative estimate of drug-likeness (QED) is 0.534. The van der Waals surface area contributed by atoms with Crippen LogP contribution < -0.4 is 11.1 Å². The minimum Gasteiger partial charge on any atom is -0.480 e. The summed E-state index contributed by atoms with van der Waals surface area (Å²) in [5.41, 5.74) is 4.96. The molecule has 0 aliphatic carbocycles. The highest BCUT2D eigenvalue weighted by Gasteiger charge is 2.25. The number of primary amides is 1. The largest absolute Gasteiger partial charge is 0.480 e. The van der Waals surface area contributed by atoms with Gasteiger partial charge in [-0.2, -0.15) is 0 Å². The lowest BCUT2D eigenvalue weighted by atomic mass is 10.2. The normalized spacial score (nSPS) is 12.0. The summed E-state index contributed by atoms with van der Waals surface area (Å²) in [7, 11) is 1.51. The van der Waals surface area contributed by atoms with E-state index in [4.69, 9.17) is 15.6 Å². The first-order valence-electron chi connectivity index (χ1n) is 6.33. The zero-order chi connectivity index (χ0) is 15.7. The van der Waals surface area contributed by atoms with Crippen molar-refractivity contribution in [2.45, 2.75) is 26.3 Å². The predicted molar refractivity (Wildman–Crippen MR) is 72.1 cm³/mol. The zero-order valence-corrected chi connectivity index (χ0v) is 12.1. The molecular formula is C12H23N3O5. The Kier molecular flexibility index (Phi) is 8.30. The van der Waals surface area contributed by atoms with Crippen LogP contribution in [0.5, 0.6) is 0 Å². The van der Waals surface area contributed by atoms with Crippen LogP contribution in [-0.2, 0) is 14.3 Å². The van der Waals surface area contributed by atoms with Crippen molar-refractivity contribution in [1.82, 2.24) is 10.2 Å². The highest BCUT2D eigenvalue weighted by molar-refractivity contribution is 5.87. The number of hydrogen-bond acceptors (Lipinski definition) is 4. The van der Waals surface area contributed by atoms with E-state index in [-0.39, 0.29) is 5.92 Å². The van der Waals surface area contributed by atoms with Crippen molar-refractivity contribution in [2.75, 3.05) is 26.8 Å². The van der Waals surface area contributed by atoms with Crippen LogP contribution in [-0.4, -0.2) is 60.8 Å². The van der Waals surface area contributed by atoms with Crippen LogP contribution in [0.3, 0.4) is 0 Å². The van der Waals surface area contributed by atoms with Gasteiger partial charge in [-0.3, -0.25) is 4.79 Å². The molecule has 0 aliphatic heterocycles. The molecule has 0 rings (SSSR count). The first-order valence-corrected chi connectivity index (χ1v) is 6.33. The number of carboxylic acids is 1. The van der Waals surface area contributed by atoms with Gasteiger partial charge in [0, 0.05) is 20.2 Å². The number of carbonyl (C=O) groups is 3. The minimum absolute atomic E-state index is 0.219. The van der Waals surface area contributed by atoms with Crippen molar-refractivity contribution in [1.29, 1.82) is 0 Å². The van der Waals surface area contributed by atoms with E-state index >= 15 is 0 Å². The number of methoxy groups -OCH3 is 1. The predicted octanol–water partition coefficient (Wildman–Crippen LogP) is -0.371. The second-order valence-corrected chi connectivity index (χ2v) is 4.84. The van der Waals surface area contributed by atoms with E-state index in [1.807, 2.05) is 13.8 Å². The van der Waals surface area contributed by atoms with Crippen LogP contribution in [0.25, 0.3) is 0 Å². The number of aliphatic carboxylic acids is 1. The number of nitrogens with one attached hydrogen (secondary N) is 1. The summed E-state index contributed by atoms with van der Waals surface area (Å²) in [4.78, 5) is 35.2. The fourth-order valence-electron chi connectivity index (χ4n) is 1.56. The molecule has 8 nitrogen and oxygen atoms in total. The summed E-state index contributed by atoms with van der Waals surface area (Å²) >= 11 is 0. The summed E-state index contributed by atoms with van der Waals surface area (Å²) in [6, 6.07) is -1.87. The van der Waals surface area contributed by atoms with Crippen molar-refractivity contribution in [3.63, 3.8) is 0 Å². The third-order valence-corrected chi connectivity index (χ3v) is 2.44. The van der Waals surface area contributed by atoms with Gasteiger partial charge in [0.25, 0.3) is 0 Å². The van der Waals surface area contributed by atoms with E-state index in [0.29, 0.717) is 19.7 Å². The van der Waals surface area contributed by atoms with Crippen LogP contribution in [0.15, 0.2) is 0 Å². The minimum atomic E-state index is -1.32. The van der Waals surface area contributed by atoms with Gasteiger partial charge in [0.1, 0.15) is 6.04 Å². The van der Waals surface area contributed by atoms with E-state index in [0.717, 1.165) is 0 Å². The van der Waals surface area contributed by atoms with E-state index < -0.39 is 30.4 Å². The molecule has 0 aromatic carbocycles. The van der Waals surface area contributed by atoms with Gasteiger partial charge >= 0.3 is 12.0 Å². The highest BCUT2D eigenvalue weighted by atomic mass is 16.5. The maximum Gasteiger partial charge on any atom is 0.326 e. The first-order chi connectivity index (χ1) is 9.27. The molecule has 0 saturated carbocycles. The van der Waals surface area contributed by atoms with Crippen LogP contribution in [0, 0.1) is 5.92 Å². The molecular weight excluding hydrogens is 266 g/mol. The van der Waals surface area contributed by atoms with Gasteiger partial charge in [-0.25, -0.2) is 9.59 Å². The van der Waals surface area contributed by atoms with Crippen molar-refractivity contribution >= 4 is 17.9 Å². The molecule has 20 heavy (non-hydrogen) atoms. The highest BCUT2D eigenvalue weighted by Crippen LogP contribution is 2.01. The molecule has 8 heteroatoms. The van der Waals surface area contributed by atoms with E-state index in [2.05, 4.69) is 5.32 Å². The SMILES string of the molecule is COCCN(CC(C)C)C(=O)N[C@@H](CC(N)=O)C(=O)O. The molecule has 0 aliphatic rings. The van der Waals surface area contributed by atoms with Crippen molar-refractivity contribution < 1.29 is 24.2 Å². The number of rotatable bonds is 9. The fourth-order valence-corrected chi connectivity index (χ4v) is 1.56. The number of nitrogens with zero attached hydrogens (tertiary/aromatic N) is 1. The summed E-state index contributed by atoms with van der Waals surface area (Å²) in [5, 5.41) is 11.2. The lowest BCUT2D eigenvalue weighted by Crippen LogP contribution is -2.50.